The molecule has 2 amide bonds. The third-order valence-electron chi connectivity index (χ3n) is 16.7. The van der Waals surface area contributed by atoms with Crippen molar-refractivity contribution in [3.05, 3.63) is 250 Å². The van der Waals surface area contributed by atoms with E-state index in [2.05, 4.69) is 30.6 Å². The minimum Gasteiger partial charge on any atom is -0.875 e. The van der Waals surface area contributed by atoms with E-state index in [1.54, 1.807) is 197 Å². The van der Waals surface area contributed by atoms with Crippen LogP contribution in [0.5, 0.6) is 23.5 Å². The summed E-state index contributed by atoms with van der Waals surface area (Å²) in [5.74, 6) is -4.16. The molecule has 24 nitrogen and oxygen atoms in total. The third kappa shape index (κ3) is 21.8. The summed E-state index contributed by atoms with van der Waals surface area (Å²) in [6.45, 7) is 31.5. The molecule has 0 N–H and O–H groups in total. The predicted molar refractivity (Wildman–Crippen MR) is 405 cm³/mol. The maximum absolute atomic E-state index is 12.2. The SMILES string of the molecule is CC1=NN(c2ccccc2)C(=O)/C1=C(\[O-])C(C)C.CC1=NN(c2ccccc2)C(=O)/C1=C(\[O-])C(C)C.Cc1nn(-c2ccccc2)c([O-])c1C(=O)C(C)C.Cc1nn(-c2ccccc2)c([O-])c1C(=O)C(C)C.Cc1nn(-c2ccccc2)c([O-])c1C(=O)C(C)C.Cc1nn(-c2ccccc2)c([O-])c1C(=O)C(C)C.[Gd+3].[Gd+3]. The molecule has 0 unspecified atom stereocenters. The second kappa shape index (κ2) is 41.2. The van der Waals surface area contributed by atoms with Crippen LogP contribution in [0.15, 0.2) is 215 Å². The van der Waals surface area contributed by atoms with Crippen LogP contribution in [0.3, 0.4) is 0 Å². The van der Waals surface area contributed by atoms with Gasteiger partial charge in [-0.05, 0) is 126 Å². The normalized spacial score (nSPS) is 13.1. The van der Waals surface area contributed by atoms with Crippen molar-refractivity contribution in [2.75, 3.05) is 10.0 Å². The molecule has 6 heterocycles. The summed E-state index contributed by atoms with van der Waals surface area (Å²) in [4.78, 5) is 72.3. The maximum atomic E-state index is 12.2. The van der Waals surface area contributed by atoms with Gasteiger partial charge in [0.1, 0.15) is 0 Å². The molecule has 10 aromatic rings. The van der Waals surface area contributed by atoms with Gasteiger partial charge >= 0.3 is 79.9 Å². The standard InChI is InChI=1S/6C14H16N2O2.2Gd/c6*1-9(2)13(17)12-10(3)15-16(14(12)18)11-7-5-4-6-8-11;;/h4*4-9,18H,1-3H3;2*4-9,17H,1-3H3;;/q;;;;;;2*+3/p-6/b;;;;2*13-12-;;. The molecule has 0 fully saturated rings. The Hall–Kier alpha value is -9.95. The molecule has 0 saturated heterocycles. The summed E-state index contributed by atoms with van der Waals surface area (Å²) in [7, 11) is 0. The average molecular weight is 1770 g/mol. The summed E-state index contributed by atoms with van der Waals surface area (Å²) in [6.07, 6.45) is 0. The monoisotopic (exact) mass is 1770 g/mol. The molecule has 26 heteroatoms. The van der Waals surface area contributed by atoms with Gasteiger partial charge in [-0.3, -0.25) is 28.8 Å². The minimum atomic E-state index is -0.336. The first-order chi connectivity index (χ1) is 51.1. The van der Waals surface area contributed by atoms with E-state index >= 15 is 0 Å². The van der Waals surface area contributed by atoms with Crippen molar-refractivity contribution in [2.45, 2.75) is 125 Å². The van der Waals surface area contributed by atoms with Crippen molar-refractivity contribution in [2.24, 2.45) is 45.7 Å². The number of hydrogen-bond acceptors (Lipinski definition) is 18. The van der Waals surface area contributed by atoms with E-state index in [0.29, 0.717) is 68.3 Å². The molecule has 4 aromatic heterocycles. The minimum absolute atomic E-state index is 0. The summed E-state index contributed by atoms with van der Waals surface area (Å²) in [5, 5.41) is 100. The number of carbonyl (C=O) groups is 6. The van der Waals surface area contributed by atoms with Crippen LogP contribution in [0.1, 0.15) is 161 Å². The molecule has 6 aromatic carbocycles. The first-order valence-corrected chi connectivity index (χ1v) is 35.3. The predicted octanol–water partition coefficient (Wildman–Crippen LogP) is 11.7. The molecule has 574 valence electrons. The van der Waals surface area contributed by atoms with Crippen LogP contribution in [0.25, 0.3) is 22.7 Å². The van der Waals surface area contributed by atoms with Crippen LogP contribution in [-0.4, -0.2) is 85.5 Å². The van der Waals surface area contributed by atoms with Gasteiger partial charge in [-0.25, -0.2) is 18.7 Å². The van der Waals surface area contributed by atoms with Gasteiger partial charge in [0.25, 0.3) is 11.8 Å². The van der Waals surface area contributed by atoms with Gasteiger partial charge in [-0.2, -0.15) is 40.6 Å². The Morgan fingerprint density at radius 2 is 0.464 bits per heavy atom. The number of ketones is 4. The van der Waals surface area contributed by atoms with Crippen LogP contribution in [0.2, 0.25) is 0 Å². The van der Waals surface area contributed by atoms with Crippen LogP contribution in [0, 0.1) is 143 Å². The largest absolute Gasteiger partial charge is 3.00 e. The Bertz CT molecular complexity index is 4440. The second-order valence-electron chi connectivity index (χ2n) is 27.2. The molecule has 2 radical (unpaired) electrons. The van der Waals surface area contributed by atoms with Gasteiger partial charge in [0.2, 0.25) is 0 Å². The quantitative estimate of drug-likeness (QED) is 0.0493. The molecule has 110 heavy (non-hydrogen) atoms. The maximum Gasteiger partial charge on any atom is 3.00 e. The molecular formula is C84H90Gd2N12O12. The Balaban J connectivity index is 0.000000235. The average Bonchev–Trinajstić information content (AvgIpc) is 1.70. The van der Waals surface area contributed by atoms with E-state index in [0.717, 1.165) is 0 Å². The van der Waals surface area contributed by atoms with Crippen molar-refractivity contribution in [1.29, 1.82) is 0 Å². The summed E-state index contributed by atoms with van der Waals surface area (Å²) in [5.41, 5.74) is 8.19. The first kappa shape index (κ1) is 90.7. The Labute approximate surface area is 706 Å². The molecule has 2 aliphatic rings. The van der Waals surface area contributed by atoms with Gasteiger partial charge in [0, 0.05) is 47.2 Å². The van der Waals surface area contributed by atoms with Crippen molar-refractivity contribution < 1.29 is 139 Å². The number of para-hydroxylation sites is 6. The number of hydrogen-bond donors (Lipinski definition) is 0. The van der Waals surface area contributed by atoms with Gasteiger partial charge in [0.15, 0.2) is 23.1 Å². The fraction of sp³-hybridized carbons (Fsp3) is 0.286. The van der Waals surface area contributed by atoms with Crippen LogP contribution < -0.4 is 40.7 Å². The molecule has 12 rings (SSSR count). The van der Waals surface area contributed by atoms with Gasteiger partial charge in [0.05, 0.1) is 102 Å². The molecule has 0 spiro atoms. The van der Waals surface area contributed by atoms with Crippen molar-refractivity contribution in [3.63, 3.8) is 0 Å². The Morgan fingerprint density at radius 3 is 0.627 bits per heavy atom. The number of nitrogens with zero attached hydrogens (tertiary/aromatic N) is 12. The fourth-order valence-electron chi connectivity index (χ4n) is 10.9. The van der Waals surface area contributed by atoms with E-state index in [1.807, 2.05) is 109 Å². The van der Waals surface area contributed by atoms with Crippen molar-refractivity contribution >= 4 is 57.7 Å². The fourth-order valence-corrected chi connectivity index (χ4v) is 10.9. The van der Waals surface area contributed by atoms with Crippen LogP contribution in [-0.2, 0) is 9.59 Å². The van der Waals surface area contributed by atoms with Crippen molar-refractivity contribution in [3.8, 4) is 46.3 Å². The second-order valence-corrected chi connectivity index (χ2v) is 27.2. The van der Waals surface area contributed by atoms with Crippen molar-refractivity contribution in [1.82, 2.24) is 39.1 Å². The molecule has 0 atom stereocenters. The Kier molecular flexibility index (Phi) is 33.9. The van der Waals surface area contributed by atoms with E-state index in [-0.39, 0.29) is 219 Å². The number of amides is 2. The number of carbonyl (C=O) groups excluding carboxylic acids is 6. The Morgan fingerprint density at radius 1 is 0.291 bits per heavy atom. The van der Waals surface area contributed by atoms with Gasteiger partial charge in [-0.1, -0.05) is 192 Å². The number of Topliss-reactive ketones (excluding diaryl/α,β-unsaturated/α-hetero) is 4. The smallest absolute Gasteiger partial charge is 0.875 e. The summed E-state index contributed by atoms with van der Waals surface area (Å²) < 4.78 is 5.13. The zero-order valence-corrected chi connectivity index (χ0v) is 69.3. The zero-order chi connectivity index (χ0) is 79.7. The number of aryl methyl sites for hydroxylation is 4. The van der Waals surface area contributed by atoms with Crippen LogP contribution >= 0.6 is 0 Å². The van der Waals surface area contributed by atoms with Gasteiger partial charge < -0.3 is 30.6 Å². The molecule has 0 aliphatic carbocycles. The number of allylic oxidation sites excluding steroid dienone is 2. The number of rotatable bonds is 16. The van der Waals surface area contributed by atoms with Crippen LogP contribution in [0.4, 0.5) is 11.4 Å². The van der Waals surface area contributed by atoms with Gasteiger partial charge in [-0.15, -0.1) is 11.5 Å². The molecule has 0 bridgehead atoms. The molecule has 2 aliphatic heterocycles. The van der Waals surface area contributed by atoms with E-state index < -0.39 is 0 Å². The topological polar surface area (TPSA) is 343 Å². The number of aromatic nitrogens is 8. The number of anilines is 2. The third-order valence-corrected chi connectivity index (χ3v) is 16.7. The number of hydrazone groups is 2. The zero-order valence-electron chi connectivity index (χ0n) is 64.8. The van der Waals surface area contributed by atoms with E-state index in [1.165, 1.54) is 28.7 Å². The first-order valence-electron chi connectivity index (χ1n) is 35.3. The number of benzene rings is 6. The molecule has 0 saturated carbocycles. The molecular weight excluding hydrogens is 1680 g/mol. The van der Waals surface area contributed by atoms with E-state index in [9.17, 15) is 59.4 Å². The summed E-state index contributed by atoms with van der Waals surface area (Å²) >= 11 is 0. The summed E-state index contributed by atoms with van der Waals surface area (Å²) in [6, 6.07) is 54.6. The van der Waals surface area contributed by atoms with E-state index in [4.69, 9.17) is 0 Å².